The molecule has 8 nitrogen and oxygen atoms in total. The molecule has 0 aliphatic carbocycles. The van der Waals surface area contributed by atoms with Gasteiger partial charge in [0.25, 0.3) is 0 Å². The summed E-state index contributed by atoms with van der Waals surface area (Å²) >= 11 is 1.30. The van der Waals surface area contributed by atoms with E-state index in [-0.39, 0.29) is 42.5 Å². The number of carbonyl (C=O) groups excluding carboxylic acids is 1. The van der Waals surface area contributed by atoms with Crippen molar-refractivity contribution in [3.8, 4) is 0 Å². The van der Waals surface area contributed by atoms with Crippen LogP contribution in [0, 0.1) is 6.92 Å². The average Bonchev–Trinajstić information content (AvgIpc) is 3.30. The summed E-state index contributed by atoms with van der Waals surface area (Å²) in [5.41, 5.74) is -0.570. The topological polar surface area (TPSA) is 109 Å². The van der Waals surface area contributed by atoms with Crippen LogP contribution in [0.1, 0.15) is 59.9 Å². The van der Waals surface area contributed by atoms with Crippen molar-refractivity contribution in [2.24, 2.45) is 4.99 Å². The standard InChI is InChI=1S/C19H28N4O4S.HI/c1-6-20-18(21-11-19(5,25)14-9-8-10-27-14)23-13(4)16-22-12(3)15(28-16)17(24)26-7-2;/h8-10,13,25H,6-7,11H2,1-5H3,(H2,20,21,23);1H. The number of hydrogen-bond acceptors (Lipinski definition) is 7. The SMILES string of the molecule is CCNC(=NCC(C)(O)c1ccco1)NC(C)c1nc(C)c(C(=O)OCC)s1.I. The van der Waals surface area contributed by atoms with Crippen LogP contribution in [0.15, 0.2) is 27.8 Å². The summed E-state index contributed by atoms with van der Waals surface area (Å²) in [5.74, 6) is 0.633. The van der Waals surface area contributed by atoms with Crippen LogP contribution < -0.4 is 10.6 Å². The van der Waals surface area contributed by atoms with E-state index in [0.29, 0.717) is 35.4 Å². The zero-order valence-corrected chi connectivity index (χ0v) is 20.5. The Labute approximate surface area is 192 Å². The lowest BCUT2D eigenvalue weighted by Crippen LogP contribution is -2.40. The molecule has 0 saturated heterocycles. The molecule has 3 N–H and O–H groups in total. The number of aryl methyl sites for hydroxylation is 1. The first kappa shape index (κ1) is 25.4. The van der Waals surface area contributed by atoms with E-state index in [9.17, 15) is 9.90 Å². The van der Waals surface area contributed by atoms with Crippen LogP contribution in [0.3, 0.4) is 0 Å². The summed E-state index contributed by atoms with van der Waals surface area (Å²) in [6, 6.07) is 3.26. The number of aromatic nitrogens is 1. The zero-order valence-electron chi connectivity index (χ0n) is 17.3. The predicted molar refractivity (Wildman–Crippen MR) is 124 cm³/mol. The first-order chi connectivity index (χ1) is 13.3. The number of aliphatic hydroxyl groups is 1. The molecule has 0 spiro atoms. The maximum Gasteiger partial charge on any atom is 0.350 e. The molecule has 2 rings (SSSR count). The van der Waals surface area contributed by atoms with E-state index in [1.807, 2.05) is 13.8 Å². The van der Waals surface area contributed by atoms with Crippen molar-refractivity contribution in [1.82, 2.24) is 15.6 Å². The minimum absolute atomic E-state index is 0. The summed E-state index contributed by atoms with van der Waals surface area (Å²) < 4.78 is 10.4. The Morgan fingerprint density at radius 1 is 1.48 bits per heavy atom. The minimum atomic E-state index is -1.22. The maximum atomic E-state index is 12.0. The summed E-state index contributed by atoms with van der Waals surface area (Å²) in [6.07, 6.45) is 1.52. The Morgan fingerprint density at radius 2 is 2.21 bits per heavy atom. The molecular weight excluding hydrogens is 507 g/mol. The first-order valence-corrected chi connectivity index (χ1v) is 10.1. The van der Waals surface area contributed by atoms with Gasteiger partial charge in [-0.15, -0.1) is 35.3 Å². The number of esters is 1. The molecule has 2 atom stereocenters. The Kier molecular flexibility index (Phi) is 10.1. The van der Waals surface area contributed by atoms with E-state index < -0.39 is 5.60 Å². The molecule has 0 bridgehead atoms. The highest BCUT2D eigenvalue weighted by atomic mass is 127. The van der Waals surface area contributed by atoms with E-state index >= 15 is 0 Å². The number of ether oxygens (including phenoxy) is 1. The molecule has 0 aliphatic heterocycles. The summed E-state index contributed by atoms with van der Waals surface area (Å²) in [5, 5.41) is 17.7. The second-order valence-corrected chi connectivity index (χ2v) is 7.53. The van der Waals surface area contributed by atoms with Gasteiger partial charge in [-0.25, -0.2) is 14.8 Å². The molecule has 0 saturated carbocycles. The van der Waals surface area contributed by atoms with Crippen LogP contribution in [0.2, 0.25) is 0 Å². The maximum absolute atomic E-state index is 12.0. The van der Waals surface area contributed by atoms with Crippen molar-refractivity contribution in [1.29, 1.82) is 0 Å². The van der Waals surface area contributed by atoms with Gasteiger partial charge in [-0.2, -0.15) is 0 Å². The number of hydrogen-bond donors (Lipinski definition) is 3. The van der Waals surface area contributed by atoms with E-state index in [4.69, 9.17) is 9.15 Å². The fourth-order valence-corrected chi connectivity index (χ4v) is 3.43. The van der Waals surface area contributed by atoms with Gasteiger partial charge in [0.2, 0.25) is 0 Å². The van der Waals surface area contributed by atoms with Crippen LogP contribution in [0.4, 0.5) is 0 Å². The van der Waals surface area contributed by atoms with Crippen molar-refractivity contribution in [2.75, 3.05) is 19.7 Å². The molecule has 2 aromatic heterocycles. The highest BCUT2D eigenvalue weighted by molar-refractivity contribution is 14.0. The van der Waals surface area contributed by atoms with Gasteiger partial charge in [0.1, 0.15) is 21.2 Å². The molecule has 29 heavy (non-hydrogen) atoms. The number of rotatable bonds is 8. The van der Waals surface area contributed by atoms with Gasteiger partial charge in [0.05, 0.1) is 31.2 Å². The Hall–Kier alpha value is -1.66. The summed E-state index contributed by atoms with van der Waals surface area (Å²) in [6.45, 7) is 10.2. The van der Waals surface area contributed by atoms with Crippen molar-refractivity contribution in [3.05, 3.63) is 39.7 Å². The number of thiazole rings is 1. The van der Waals surface area contributed by atoms with Gasteiger partial charge < -0.3 is 24.9 Å². The van der Waals surface area contributed by atoms with Crippen molar-refractivity contribution < 1.29 is 19.1 Å². The summed E-state index contributed by atoms with van der Waals surface area (Å²) in [7, 11) is 0. The fraction of sp³-hybridized carbons (Fsp3) is 0.526. The second-order valence-electron chi connectivity index (χ2n) is 6.50. The average molecular weight is 536 g/mol. The van der Waals surface area contributed by atoms with E-state index in [2.05, 4.69) is 20.6 Å². The molecule has 162 valence electrons. The highest BCUT2D eigenvalue weighted by Crippen LogP contribution is 2.25. The number of nitrogens with zero attached hydrogens (tertiary/aromatic N) is 2. The van der Waals surface area contributed by atoms with Gasteiger partial charge in [0.15, 0.2) is 5.96 Å². The predicted octanol–water partition coefficient (Wildman–Crippen LogP) is 3.36. The zero-order chi connectivity index (χ0) is 20.7. The molecule has 2 unspecified atom stereocenters. The van der Waals surface area contributed by atoms with Gasteiger partial charge in [-0.05, 0) is 46.8 Å². The lowest BCUT2D eigenvalue weighted by atomic mass is 10.0. The van der Waals surface area contributed by atoms with Gasteiger partial charge in [-0.1, -0.05) is 0 Å². The minimum Gasteiger partial charge on any atom is -0.466 e. The quantitative estimate of drug-likeness (QED) is 0.206. The Bertz CT molecular complexity index is 805. The number of nitrogens with one attached hydrogen (secondary N) is 2. The van der Waals surface area contributed by atoms with Crippen LogP contribution in [-0.2, 0) is 10.3 Å². The molecule has 0 fully saturated rings. The molecule has 0 radical (unpaired) electrons. The number of aliphatic imine (C=N–C) groups is 1. The van der Waals surface area contributed by atoms with Crippen molar-refractivity contribution in [2.45, 2.75) is 46.3 Å². The second kappa shape index (κ2) is 11.5. The normalized spacial score (nSPS) is 14.5. The number of furan rings is 1. The number of halogens is 1. The lowest BCUT2D eigenvalue weighted by molar-refractivity contribution is 0.0436. The van der Waals surface area contributed by atoms with Crippen LogP contribution in [-0.4, -0.2) is 41.7 Å². The van der Waals surface area contributed by atoms with Crippen LogP contribution in [0.5, 0.6) is 0 Å². The highest BCUT2D eigenvalue weighted by Gasteiger charge is 2.26. The van der Waals surface area contributed by atoms with Crippen molar-refractivity contribution in [3.63, 3.8) is 0 Å². The van der Waals surface area contributed by atoms with E-state index in [1.165, 1.54) is 17.6 Å². The Morgan fingerprint density at radius 3 is 2.79 bits per heavy atom. The summed E-state index contributed by atoms with van der Waals surface area (Å²) in [4.78, 5) is 21.5. The molecule has 2 aromatic rings. The lowest BCUT2D eigenvalue weighted by Gasteiger charge is -2.21. The Balaban J connectivity index is 0.00000420. The molecule has 0 aromatic carbocycles. The van der Waals surface area contributed by atoms with Crippen LogP contribution >= 0.6 is 35.3 Å². The third-order valence-corrected chi connectivity index (χ3v) is 5.26. The monoisotopic (exact) mass is 536 g/mol. The molecular formula is C19H29IN4O4S. The smallest absolute Gasteiger partial charge is 0.350 e. The molecule has 10 heteroatoms. The third-order valence-electron chi connectivity index (χ3n) is 3.94. The van der Waals surface area contributed by atoms with Crippen molar-refractivity contribution >= 4 is 47.2 Å². The van der Waals surface area contributed by atoms with Gasteiger partial charge in [-0.3, -0.25) is 0 Å². The number of carbonyl (C=O) groups is 1. The van der Waals surface area contributed by atoms with Gasteiger partial charge >= 0.3 is 5.97 Å². The molecule has 0 aliphatic rings. The first-order valence-electron chi connectivity index (χ1n) is 9.24. The third kappa shape index (κ3) is 6.96. The van der Waals surface area contributed by atoms with E-state index in [1.54, 1.807) is 32.9 Å². The number of guanidine groups is 1. The largest absolute Gasteiger partial charge is 0.466 e. The van der Waals surface area contributed by atoms with E-state index in [0.717, 1.165) is 5.01 Å². The fourth-order valence-electron chi connectivity index (χ4n) is 2.47. The molecule has 2 heterocycles. The van der Waals surface area contributed by atoms with Crippen LogP contribution in [0.25, 0.3) is 0 Å². The molecule has 0 amide bonds. The van der Waals surface area contributed by atoms with Gasteiger partial charge in [0, 0.05) is 6.54 Å².